The van der Waals surface area contributed by atoms with Crippen molar-refractivity contribution in [2.45, 2.75) is 43.7 Å². The summed E-state index contributed by atoms with van der Waals surface area (Å²) in [5.74, 6) is 0.805. The highest BCUT2D eigenvalue weighted by Crippen LogP contribution is 2.34. The Morgan fingerprint density at radius 2 is 2.09 bits per heavy atom. The number of hydrogen-bond acceptors (Lipinski definition) is 4. The zero-order chi connectivity index (χ0) is 16.1. The van der Waals surface area contributed by atoms with Crippen molar-refractivity contribution in [2.24, 2.45) is 0 Å². The summed E-state index contributed by atoms with van der Waals surface area (Å²) in [6, 6.07) is 7.84. The number of amides is 1. The van der Waals surface area contributed by atoms with E-state index in [1.54, 1.807) is 7.11 Å². The molecule has 1 atom stereocenters. The Bertz CT molecular complexity index is 534. The summed E-state index contributed by atoms with van der Waals surface area (Å²) >= 11 is 0. The summed E-state index contributed by atoms with van der Waals surface area (Å²) in [7, 11) is 1.63. The molecule has 2 saturated heterocycles. The summed E-state index contributed by atoms with van der Waals surface area (Å²) in [5.41, 5.74) is 0.819. The SMILES string of the molecule is COc1ccccc1CC(=O)N[C@H]1CCOC2(CCOCC2)C1. The molecule has 0 saturated carbocycles. The van der Waals surface area contributed by atoms with Crippen LogP contribution in [0.25, 0.3) is 0 Å². The highest BCUT2D eigenvalue weighted by molar-refractivity contribution is 5.79. The van der Waals surface area contributed by atoms with E-state index in [1.165, 1.54) is 0 Å². The van der Waals surface area contributed by atoms with E-state index in [2.05, 4.69) is 5.32 Å². The van der Waals surface area contributed by atoms with Gasteiger partial charge in [-0.15, -0.1) is 0 Å². The summed E-state index contributed by atoms with van der Waals surface area (Å²) < 4.78 is 16.8. The van der Waals surface area contributed by atoms with Gasteiger partial charge < -0.3 is 19.5 Å². The Kier molecular flexibility index (Phi) is 5.18. The van der Waals surface area contributed by atoms with Gasteiger partial charge in [0, 0.05) is 31.4 Å². The van der Waals surface area contributed by atoms with Crippen molar-refractivity contribution in [1.82, 2.24) is 5.32 Å². The average molecular weight is 319 g/mol. The number of benzene rings is 1. The van der Waals surface area contributed by atoms with Crippen molar-refractivity contribution in [3.63, 3.8) is 0 Å². The highest BCUT2D eigenvalue weighted by atomic mass is 16.5. The third-order valence-corrected chi connectivity index (χ3v) is 4.81. The lowest BCUT2D eigenvalue weighted by Gasteiger charge is -2.43. The number of hydrogen-bond donors (Lipinski definition) is 1. The highest BCUT2D eigenvalue weighted by Gasteiger charge is 2.39. The van der Waals surface area contributed by atoms with Crippen LogP contribution < -0.4 is 10.1 Å². The molecule has 1 aromatic carbocycles. The molecule has 1 aromatic rings. The van der Waals surface area contributed by atoms with Gasteiger partial charge in [0.2, 0.25) is 5.91 Å². The minimum absolute atomic E-state index is 0.0450. The minimum Gasteiger partial charge on any atom is -0.496 e. The lowest BCUT2D eigenvalue weighted by atomic mass is 9.84. The predicted octanol–water partition coefficient (Wildman–Crippen LogP) is 2.08. The van der Waals surface area contributed by atoms with Crippen LogP contribution >= 0.6 is 0 Å². The van der Waals surface area contributed by atoms with Crippen LogP contribution in [0.1, 0.15) is 31.2 Å². The molecule has 23 heavy (non-hydrogen) atoms. The molecule has 1 spiro atoms. The number of carbonyl (C=O) groups is 1. The third-order valence-electron chi connectivity index (χ3n) is 4.81. The topological polar surface area (TPSA) is 56.8 Å². The molecule has 126 valence electrons. The van der Waals surface area contributed by atoms with Crippen LogP contribution in [0.2, 0.25) is 0 Å². The molecular formula is C18H25NO4. The first-order chi connectivity index (χ1) is 11.2. The van der Waals surface area contributed by atoms with E-state index in [-0.39, 0.29) is 17.6 Å². The molecule has 1 N–H and O–H groups in total. The van der Waals surface area contributed by atoms with Gasteiger partial charge in [0.25, 0.3) is 0 Å². The van der Waals surface area contributed by atoms with E-state index >= 15 is 0 Å². The van der Waals surface area contributed by atoms with Crippen molar-refractivity contribution in [3.8, 4) is 5.75 Å². The lowest BCUT2D eigenvalue weighted by Crippen LogP contribution is -2.51. The van der Waals surface area contributed by atoms with E-state index < -0.39 is 0 Å². The van der Waals surface area contributed by atoms with Crippen molar-refractivity contribution >= 4 is 5.91 Å². The zero-order valence-electron chi connectivity index (χ0n) is 13.7. The average Bonchev–Trinajstić information content (AvgIpc) is 2.56. The van der Waals surface area contributed by atoms with Crippen molar-refractivity contribution < 1.29 is 19.0 Å². The Balaban J connectivity index is 1.57. The van der Waals surface area contributed by atoms with E-state index in [9.17, 15) is 4.79 Å². The second-order valence-electron chi connectivity index (χ2n) is 6.39. The lowest BCUT2D eigenvalue weighted by molar-refractivity contribution is -0.143. The van der Waals surface area contributed by atoms with E-state index in [4.69, 9.17) is 14.2 Å². The molecule has 5 nitrogen and oxygen atoms in total. The Hall–Kier alpha value is -1.59. The van der Waals surface area contributed by atoms with Crippen LogP contribution in [0.5, 0.6) is 5.75 Å². The number of methoxy groups -OCH3 is 1. The first-order valence-electron chi connectivity index (χ1n) is 8.34. The van der Waals surface area contributed by atoms with E-state index in [0.29, 0.717) is 13.0 Å². The molecule has 2 heterocycles. The molecule has 2 aliphatic rings. The van der Waals surface area contributed by atoms with Gasteiger partial charge in [0.15, 0.2) is 0 Å². The quantitative estimate of drug-likeness (QED) is 0.923. The van der Waals surface area contributed by atoms with Crippen LogP contribution in [0.3, 0.4) is 0 Å². The second kappa shape index (κ2) is 7.32. The molecule has 0 aromatic heterocycles. The smallest absolute Gasteiger partial charge is 0.224 e. The molecule has 0 bridgehead atoms. The fourth-order valence-electron chi connectivity index (χ4n) is 3.54. The summed E-state index contributed by atoms with van der Waals surface area (Å²) in [6.07, 6.45) is 3.95. The standard InChI is InChI=1S/C18H25NO4/c1-21-16-5-3-2-4-14(16)12-17(20)19-15-6-9-23-18(13-15)7-10-22-11-8-18/h2-5,15H,6-13H2,1H3,(H,19,20)/t15-/m0/s1. The number of nitrogens with one attached hydrogen (secondary N) is 1. The maximum atomic E-state index is 12.4. The van der Waals surface area contributed by atoms with E-state index in [0.717, 1.165) is 50.2 Å². The second-order valence-corrected chi connectivity index (χ2v) is 6.39. The summed E-state index contributed by atoms with van der Waals surface area (Å²) in [6.45, 7) is 2.21. The molecule has 5 heteroatoms. The van der Waals surface area contributed by atoms with Gasteiger partial charge in [-0.2, -0.15) is 0 Å². The van der Waals surface area contributed by atoms with Gasteiger partial charge in [-0.05, 0) is 31.7 Å². The van der Waals surface area contributed by atoms with Crippen molar-refractivity contribution in [1.29, 1.82) is 0 Å². The largest absolute Gasteiger partial charge is 0.496 e. The Morgan fingerprint density at radius 3 is 2.87 bits per heavy atom. The zero-order valence-corrected chi connectivity index (χ0v) is 13.7. The van der Waals surface area contributed by atoms with Crippen molar-refractivity contribution in [3.05, 3.63) is 29.8 Å². The maximum Gasteiger partial charge on any atom is 0.224 e. The molecule has 0 aliphatic carbocycles. The summed E-state index contributed by atoms with van der Waals surface area (Å²) in [4.78, 5) is 12.4. The van der Waals surface area contributed by atoms with Crippen molar-refractivity contribution in [2.75, 3.05) is 26.9 Å². The van der Waals surface area contributed by atoms with Gasteiger partial charge in [-0.25, -0.2) is 0 Å². The first kappa shape index (κ1) is 16.3. The van der Waals surface area contributed by atoms with Gasteiger partial charge in [-0.3, -0.25) is 4.79 Å². The third kappa shape index (κ3) is 4.03. The van der Waals surface area contributed by atoms with Gasteiger partial charge in [0.05, 0.1) is 19.1 Å². The Morgan fingerprint density at radius 1 is 1.30 bits per heavy atom. The van der Waals surface area contributed by atoms with E-state index in [1.807, 2.05) is 24.3 Å². The van der Waals surface area contributed by atoms with Crippen LogP contribution in [0.15, 0.2) is 24.3 Å². The van der Waals surface area contributed by atoms with Crippen LogP contribution in [-0.4, -0.2) is 44.5 Å². The molecule has 3 rings (SSSR count). The first-order valence-corrected chi connectivity index (χ1v) is 8.34. The van der Waals surface area contributed by atoms with Crippen LogP contribution in [0, 0.1) is 0 Å². The maximum absolute atomic E-state index is 12.4. The minimum atomic E-state index is -0.0983. The molecule has 0 radical (unpaired) electrons. The fourth-order valence-corrected chi connectivity index (χ4v) is 3.54. The number of para-hydroxylation sites is 1. The monoisotopic (exact) mass is 319 g/mol. The number of rotatable bonds is 4. The molecule has 1 amide bonds. The van der Waals surface area contributed by atoms with Gasteiger partial charge in [0.1, 0.15) is 5.75 Å². The van der Waals surface area contributed by atoms with Gasteiger partial charge >= 0.3 is 0 Å². The Labute approximate surface area is 137 Å². The van der Waals surface area contributed by atoms with Gasteiger partial charge in [-0.1, -0.05) is 18.2 Å². The molecule has 2 fully saturated rings. The molecule has 0 unspecified atom stereocenters. The van der Waals surface area contributed by atoms with Crippen LogP contribution in [0.4, 0.5) is 0 Å². The number of carbonyl (C=O) groups excluding carboxylic acids is 1. The fraction of sp³-hybridized carbons (Fsp3) is 0.611. The predicted molar refractivity (Wildman–Crippen MR) is 86.6 cm³/mol. The normalized spacial score (nSPS) is 23.4. The summed E-state index contributed by atoms with van der Waals surface area (Å²) in [5, 5.41) is 3.17. The molecule has 2 aliphatic heterocycles. The van der Waals surface area contributed by atoms with Crippen LogP contribution in [-0.2, 0) is 20.7 Å². The number of ether oxygens (including phenoxy) is 3. The molecular weight excluding hydrogens is 294 g/mol.